The summed E-state index contributed by atoms with van der Waals surface area (Å²) in [5.74, 6) is 0.822. The molecule has 3 nitrogen and oxygen atoms in total. The fraction of sp³-hybridized carbons (Fsp3) is 0.286. The molecule has 0 aliphatic heterocycles. The molecule has 1 heterocycles. The van der Waals surface area contributed by atoms with Crippen LogP contribution < -0.4 is 5.32 Å². The van der Waals surface area contributed by atoms with Crippen molar-refractivity contribution in [1.82, 2.24) is 9.97 Å². The van der Waals surface area contributed by atoms with E-state index < -0.39 is 0 Å². The van der Waals surface area contributed by atoms with E-state index >= 15 is 0 Å². The van der Waals surface area contributed by atoms with Crippen molar-refractivity contribution in [1.29, 1.82) is 0 Å². The maximum absolute atomic E-state index is 5.99. The summed E-state index contributed by atoms with van der Waals surface area (Å²) in [6.45, 7) is 5.95. The van der Waals surface area contributed by atoms with Crippen molar-refractivity contribution in [3.63, 3.8) is 0 Å². The molecule has 0 bridgehead atoms. The Labute approximate surface area is 112 Å². The van der Waals surface area contributed by atoms with Crippen molar-refractivity contribution in [2.45, 2.75) is 26.8 Å². The van der Waals surface area contributed by atoms with Gasteiger partial charge >= 0.3 is 0 Å². The summed E-state index contributed by atoms with van der Waals surface area (Å²) >= 11 is 5.99. The number of rotatable bonds is 3. The van der Waals surface area contributed by atoms with Gasteiger partial charge in [-0.1, -0.05) is 23.7 Å². The van der Waals surface area contributed by atoms with E-state index in [1.165, 1.54) is 0 Å². The second-order valence-electron chi connectivity index (χ2n) is 4.37. The summed E-state index contributed by atoms with van der Waals surface area (Å²) in [5, 5.41) is 4.11. The average Bonchev–Trinajstić information content (AvgIpc) is 2.34. The molecule has 1 N–H and O–H groups in total. The van der Waals surface area contributed by atoms with Gasteiger partial charge in [-0.05, 0) is 38.5 Å². The number of nitrogens with one attached hydrogen (secondary N) is 1. The molecule has 4 heteroatoms. The average molecular weight is 262 g/mol. The first-order chi connectivity index (χ1) is 8.56. The van der Waals surface area contributed by atoms with Crippen LogP contribution in [-0.4, -0.2) is 9.97 Å². The minimum atomic E-state index is 0.137. The van der Waals surface area contributed by atoms with Crippen LogP contribution in [0.2, 0.25) is 5.02 Å². The van der Waals surface area contributed by atoms with Crippen LogP contribution in [0.25, 0.3) is 0 Å². The Balaban J connectivity index is 2.21. The summed E-state index contributed by atoms with van der Waals surface area (Å²) in [7, 11) is 0. The molecule has 1 aromatic carbocycles. The summed E-state index contributed by atoms with van der Waals surface area (Å²) in [6.07, 6.45) is 1.77. The van der Waals surface area contributed by atoms with E-state index in [2.05, 4.69) is 22.2 Å². The Morgan fingerprint density at radius 1 is 1.28 bits per heavy atom. The van der Waals surface area contributed by atoms with Gasteiger partial charge in [-0.25, -0.2) is 4.98 Å². The summed E-state index contributed by atoms with van der Waals surface area (Å²) in [4.78, 5) is 8.75. The van der Waals surface area contributed by atoms with Crippen molar-refractivity contribution in [2.75, 3.05) is 5.32 Å². The van der Waals surface area contributed by atoms with Crippen LogP contribution in [0.3, 0.4) is 0 Å². The number of hydrogen-bond acceptors (Lipinski definition) is 3. The number of halogens is 1. The molecular weight excluding hydrogens is 246 g/mol. The van der Waals surface area contributed by atoms with Crippen molar-refractivity contribution < 1.29 is 0 Å². The quantitative estimate of drug-likeness (QED) is 0.910. The highest BCUT2D eigenvalue weighted by Crippen LogP contribution is 2.22. The Hall–Kier alpha value is -1.61. The van der Waals surface area contributed by atoms with Gasteiger partial charge in [0.1, 0.15) is 5.82 Å². The van der Waals surface area contributed by atoms with Gasteiger partial charge in [-0.3, -0.25) is 4.98 Å². The molecule has 0 radical (unpaired) electrons. The predicted octanol–water partition coefficient (Wildman–Crippen LogP) is 3.92. The first-order valence-corrected chi connectivity index (χ1v) is 6.26. The van der Waals surface area contributed by atoms with Gasteiger partial charge in [0, 0.05) is 11.2 Å². The lowest BCUT2D eigenvalue weighted by atomic mass is 10.1. The molecule has 0 fully saturated rings. The molecule has 1 aromatic heterocycles. The molecule has 0 saturated heterocycles. The van der Waals surface area contributed by atoms with Gasteiger partial charge < -0.3 is 5.32 Å². The second kappa shape index (κ2) is 5.36. The minimum absolute atomic E-state index is 0.137. The van der Waals surface area contributed by atoms with Gasteiger partial charge in [-0.15, -0.1) is 0 Å². The molecule has 2 rings (SSSR count). The lowest BCUT2D eigenvalue weighted by Crippen LogP contribution is -2.10. The van der Waals surface area contributed by atoms with Gasteiger partial charge in [0.2, 0.25) is 0 Å². The highest BCUT2D eigenvalue weighted by atomic mass is 35.5. The Morgan fingerprint density at radius 2 is 2.06 bits per heavy atom. The van der Waals surface area contributed by atoms with Crippen molar-refractivity contribution in [3.8, 4) is 0 Å². The summed E-state index contributed by atoms with van der Waals surface area (Å²) in [6, 6.07) is 7.96. The Bertz CT molecular complexity index is 554. The summed E-state index contributed by atoms with van der Waals surface area (Å²) < 4.78 is 0. The van der Waals surface area contributed by atoms with Gasteiger partial charge in [0.15, 0.2) is 0 Å². The lowest BCUT2D eigenvalue weighted by molar-refractivity contribution is 0.862. The summed E-state index contributed by atoms with van der Waals surface area (Å²) in [5.41, 5.74) is 2.93. The highest BCUT2D eigenvalue weighted by Gasteiger charge is 2.09. The van der Waals surface area contributed by atoms with Crippen LogP contribution in [0, 0.1) is 13.8 Å². The maximum atomic E-state index is 5.99. The number of nitrogens with zero attached hydrogens (tertiary/aromatic N) is 2. The third-order valence-corrected chi connectivity index (χ3v) is 3.01. The van der Waals surface area contributed by atoms with Crippen LogP contribution in [-0.2, 0) is 0 Å². The molecule has 0 aliphatic carbocycles. The minimum Gasteiger partial charge on any atom is -0.362 e. The topological polar surface area (TPSA) is 37.8 Å². The zero-order valence-corrected chi connectivity index (χ0v) is 11.5. The number of benzene rings is 1. The van der Waals surface area contributed by atoms with E-state index in [0.717, 1.165) is 27.8 Å². The maximum Gasteiger partial charge on any atom is 0.148 e. The first kappa shape index (κ1) is 12.8. The normalized spacial score (nSPS) is 12.2. The van der Waals surface area contributed by atoms with E-state index in [0.29, 0.717) is 0 Å². The molecule has 0 aliphatic rings. The highest BCUT2D eigenvalue weighted by molar-refractivity contribution is 6.30. The van der Waals surface area contributed by atoms with Gasteiger partial charge in [0.25, 0.3) is 0 Å². The Kier molecular flexibility index (Phi) is 3.82. The molecule has 94 valence electrons. The van der Waals surface area contributed by atoms with E-state index in [9.17, 15) is 0 Å². The molecule has 0 spiro atoms. The van der Waals surface area contributed by atoms with E-state index in [1.807, 2.05) is 38.1 Å². The third-order valence-electron chi connectivity index (χ3n) is 2.78. The van der Waals surface area contributed by atoms with Gasteiger partial charge in [-0.2, -0.15) is 0 Å². The van der Waals surface area contributed by atoms with Gasteiger partial charge in [0.05, 0.1) is 17.4 Å². The molecule has 1 unspecified atom stereocenters. The SMILES string of the molecule is Cc1cnc(C)c(NC(C)c2cccc(Cl)c2)n1. The fourth-order valence-corrected chi connectivity index (χ4v) is 1.94. The number of hydrogen-bond donors (Lipinski definition) is 1. The van der Waals surface area contributed by atoms with Crippen LogP contribution in [0.15, 0.2) is 30.5 Å². The van der Waals surface area contributed by atoms with E-state index in [-0.39, 0.29) is 6.04 Å². The predicted molar refractivity (Wildman–Crippen MR) is 75.0 cm³/mol. The fourth-order valence-electron chi connectivity index (χ4n) is 1.74. The zero-order valence-electron chi connectivity index (χ0n) is 10.7. The van der Waals surface area contributed by atoms with Crippen LogP contribution in [0.4, 0.5) is 5.82 Å². The smallest absolute Gasteiger partial charge is 0.148 e. The third kappa shape index (κ3) is 2.99. The molecule has 0 amide bonds. The van der Waals surface area contributed by atoms with Crippen LogP contribution in [0.5, 0.6) is 0 Å². The molecule has 2 aromatic rings. The van der Waals surface area contributed by atoms with E-state index in [4.69, 9.17) is 11.6 Å². The molecule has 18 heavy (non-hydrogen) atoms. The number of aryl methyl sites for hydroxylation is 2. The number of anilines is 1. The zero-order chi connectivity index (χ0) is 13.1. The van der Waals surface area contributed by atoms with Crippen molar-refractivity contribution in [3.05, 3.63) is 52.4 Å². The van der Waals surface area contributed by atoms with Crippen LogP contribution in [0.1, 0.15) is 29.9 Å². The standard InChI is InChI=1S/C14H16ClN3/c1-9-8-16-11(3)14(17-9)18-10(2)12-5-4-6-13(15)7-12/h4-8,10H,1-3H3,(H,17,18). The van der Waals surface area contributed by atoms with E-state index in [1.54, 1.807) is 6.20 Å². The van der Waals surface area contributed by atoms with Crippen molar-refractivity contribution >= 4 is 17.4 Å². The monoisotopic (exact) mass is 261 g/mol. The Morgan fingerprint density at radius 3 is 2.78 bits per heavy atom. The van der Waals surface area contributed by atoms with Crippen LogP contribution >= 0.6 is 11.6 Å². The molecule has 0 saturated carbocycles. The molecular formula is C14H16ClN3. The first-order valence-electron chi connectivity index (χ1n) is 5.88. The second-order valence-corrected chi connectivity index (χ2v) is 4.80. The largest absolute Gasteiger partial charge is 0.362 e. The molecule has 1 atom stereocenters. The number of aromatic nitrogens is 2. The van der Waals surface area contributed by atoms with Crippen molar-refractivity contribution in [2.24, 2.45) is 0 Å². The lowest BCUT2D eigenvalue weighted by Gasteiger charge is -2.16.